The van der Waals surface area contributed by atoms with E-state index < -0.39 is 0 Å². The second kappa shape index (κ2) is 4.24. The van der Waals surface area contributed by atoms with Gasteiger partial charge in [-0.25, -0.2) is 0 Å². The van der Waals surface area contributed by atoms with E-state index >= 15 is 0 Å². The number of carbonyl (C=O) groups is 2. The van der Waals surface area contributed by atoms with Gasteiger partial charge in [-0.2, -0.15) is 5.10 Å². The van der Waals surface area contributed by atoms with Crippen LogP contribution in [-0.4, -0.2) is 21.6 Å². The van der Waals surface area contributed by atoms with Crippen LogP contribution in [0, 0.1) is 0 Å². The highest BCUT2D eigenvalue weighted by atomic mass is 16.2. The molecule has 0 fully saturated rings. The molecule has 1 aromatic heterocycles. The monoisotopic (exact) mass is 256 g/mol. The van der Waals surface area contributed by atoms with Crippen molar-refractivity contribution in [2.75, 3.05) is 10.6 Å². The first-order chi connectivity index (χ1) is 9.13. The van der Waals surface area contributed by atoms with Gasteiger partial charge in [-0.3, -0.25) is 14.3 Å². The Morgan fingerprint density at radius 3 is 3.00 bits per heavy atom. The Hall–Kier alpha value is -2.63. The van der Waals surface area contributed by atoms with Crippen LogP contribution in [-0.2, 0) is 18.3 Å². The number of hydrogen-bond acceptors (Lipinski definition) is 3. The van der Waals surface area contributed by atoms with Crippen molar-refractivity contribution in [2.24, 2.45) is 7.05 Å². The standard InChI is InChI=1S/C13H12N4O2/c1-17-11(4-5-14-17)16-13(19)9-3-2-8-7-12(18)15-10(8)6-9/h2-6H,7H2,1H3,(H,15,18)(H,16,19). The van der Waals surface area contributed by atoms with E-state index in [1.807, 2.05) is 0 Å². The van der Waals surface area contributed by atoms with Crippen molar-refractivity contribution in [2.45, 2.75) is 6.42 Å². The summed E-state index contributed by atoms with van der Waals surface area (Å²) in [7, 11) is 1.75. The Kier molecular flexibility index (Phi) is 2.56. The summed E-state index contributed by atoms with van der Waals surface area (Å²) < 4.78 is 1.58. The number of amides is 2. The summed E-state index contributed by atoms with van der Waals surface area (Å²) in [5.74, 6) is 0.348. The lowest BCUT2D eigenvalue weighted by molar-refractivity contribution is -0.115. The lowest BCUT2D eigenvalue weighted by Gasteiger charge is -2.06. The van der Waals surface area contributed by atoms with Gasteiger partial charge in [0.25, 0.3) is 5.91 Å². The average molecular weight is 256 g/mol. The molecule has 2 N–H and O–H groups in total. The average Bonchev–Trinajstić information content (AvgIpc) is 2.93. The van der Waals surface area contributed by atoms with Gasteiger partial charge in [0.2, 0.25) is 5.91 Å². The summed E-state index contributed by atoms with van der Waals surface area (Å²) in [5.41, 5.74) is 2.13. The SMILES string of the molecule is Cn1nccc1NC(=O)c1ccc2c(c1)NC(=O)C2. The van der Waals surface area contributed by atoms with Gasteiger partial charge in [-0.1, -0.05) is 6.07 Å². The van der Waals surface area contributed by atoms with Gasteiger partial charge in [0.1, 0.15) is 5.82 Å². The fourth-order valence-corrected chi connectivity index (χ4v) is 2.04. The number of aryl methyl sites for hydroxylation is 1. The fourth-order valence-electron chi connectivity index (χ4n) is 2.04. The molecular weight excluding hydrogens is 244 g/mol. The van der Waals surface area contributed by atoms with E-state index in [-0.39, 0.29) is 11.8 Å². The molecule has 0 spiro atoms. The smallest absolute Gasteiger partial charge is 0.256 e. The largest absolute Gasteiger partial charge is 0.326 e. The molecule has 0 bridgehead atoms. The van der Waals surface area contributed by atoms with Crippen molar-refractivity contribution >= 4 is 23.3 Å². The first-order valence-electron chi connectivity index (χ1n) is 5.85. The molecule has 19 heavy (non-hydrogen) atoms. The van der Waals surface area contributed by atoms with E-state index in [9.17, 15) is 9.59 Å². The van der Waals surface area contributed by atoms with E-state index in [0.29, 0.717) is 23.5 Å². The number of aromatic nitrogens is 2. The Bertz CT molecular complexity index is 675. The van der Waals surface area contributed by atoms with Crippen molar-refractivity contribution in [1.29, 1.82) is 0 Å². The molecule has 0 saturated carbocycles. The van der Waals surface area contributed by atoms with Gasteiger partial charge >= 0.3 is 0 Å². The summed E-state index contributed by atoms with van der Waals surface area (Å²) >= 11 is 0. The van der Waals surface area contributed by atoms with E-state index in [0.717, 1.165) is 5.56 Å². The summed E-state index contributed by atoms with van der Waals surface area (Å²) in [6.45, 7) is 0. The number of rotatable bonds is 2. The number of benzene rings is 1. The van der Waals surface area contributed by atoms with E-state index in [1.54, 1.807) is 42.2 Å². The van der Waals surface area contributed by atoms with Gasteiger partial charge in [-0.05, 0) is 17.7 Å². The van der Waals surface area contributed by atoms with Crippen LogP contribution < -0.4 is 10.6 Å². The molecule has 1 aliphatic rings. The van der Waals surface area contributed by atoms with Crippen molar-refractivity contribution in [1.82, 2.24) is 9.78 Å². The second-order valence-electron chi connectivity index (χ2n) is 4.39. The van der Waals surface area contributed by atoms with Crippen LogP contribution in [0.1, 0.15) is 15.9 Å². The van der Waals surface area contributed by atoms with Crippen molar-refractivity contribution < 1.29 is 9.59 Å². The van der Waals surface area contributed by atoms with E-state index in [1.165, 1.54) is 0 Å². The molecule has 0 aliphatic carbocycles. The van der Waals surface area contributed by atoms with Crippen LogP contribution >= 0.6 is 0 Å². The number of anilines is 2. The zero-order valence-corrected chi connectivity index (χ0v) is 10.3. The van der Waals surface area contributed by atoms with Crippen LogP contribution in [0.15, 0.2) is 30.5 Å². The van der Waals surface area contributed by atoms with Crippen LogP contribution in [0.2, 0.25) is 0 Å². The molecule has 0 atom stereocenters. The molecule has 0 radical (unpaired) electrons. The molecule has 0 saturated heterocycles. The number of carbonyl (C=O) groups excluding carboxylic acids is 2. The third kappa shape index (κ3) is 2.08. The van der Waals surface area contributed by atoms with Crippen molar-refractivity contribution in [3.63, 3.8) is 0 Å². The summed E-state index contributed by atoms with van der Waals surface area (Å²) in [6.07, 6.45) is 1.98. The molecule has 0 unspecified atom stereocenters. The van der Waals surface area contributed by atoms with Gasteiger partial charge in [-0.15, -0.1) is 0 Å². The molecule has 2 aromatic rings. The molecule has 96 valence electrons. The number of nitrogens with zero attached hydrogens (tertiary/aromatic N) is 2. The highest BCUT2D eigenvalue weighted by Gasteiger charge is 2.19. The summed E-state index contributed by atoms with van der Waals surface area (Å²) in [5, 5.41) is 9.46. The van der Waals surface area contributed by atoms with Crippen molar-refractivity contribution in [3.8, 4) is 0 Å². The van der Waals surface area contributed by atoms with Crippen molar-refractivity contribution in [3.05, 3.63) is 41.6 Å². The van der Waals surface area contributed by atoms with Crippen LogP contribution in [0.4, 0.5) is 11.5 Å². The van der Waals surface area contributed by atoms with Gasteiger partial charge < -0.3 is 10.6 Å². The highest BCUT2D eigenvalue weighted by molar-refractivity contribution is 6.06. The number of fused-ring (bicyclic) bond motifs is 1. The van der Waals surface area contributed by atoms with Crippen LogP contribution in [0.3, 0.4) is 0 Å². The first kappa shape index (κ1) is 11.5. The minimum Gasteiger partial charge on any atom is -0.326 e. The maximum Gasteiger partial charge on any atom is 0.256 e. The van der Waals surface area contributed by atoms with Gasteiger partial charge in [0, 0.05) is 24.4 Å². The quantitative estimate of drug-likeness (QED) is 0.846. The number of hydrogen-bond donors (Lipinski definition) is 2. The van der Waals surface area contributed by atoms with E-state index in [2.05, 4.69) is 15.7 Å². The molecule has 3 rings (SSSR count). The first-order valence-corrected chi connectivity index (χ1v) is 5.85. The molecular formula is C13H12N4O2. The normalized spacial score (nSPS) is 13.0. The van der Waals surface area contributed by atoms with Crippen LogP contribution in [0.5, 0.6) is 0 Å². The second-order valence-corrected chi connectivity index (χ2v) is 4.39. The Morgan fingerprint density at radius 1 is 1.42 bits per heavy atom. The van der Waals surface area contributed by atoms with Crippen LogP contribution in [0.25, 0.3) is 0 Å². The van der Waals surface area contributed by atoms with Gasteiger partial charge in [0.15, 0.2) is 0 Å². The zero-order valence-electron chi connectivity index (χ0n) is 10.3. The summed E-state index contributed by atoms with van der Waals surface area (Å²) in [6, 6.07) is 6.91. The molecule has 2 amide bonds. The molecule has 1 aliphatic heterocycles. The topological polar surface area (TPSA) is 76.0 Å². The molecule has 1 aromatic carbocycles. The minimum atomic E-state index is -0.229. The highest BCUT2D eigenvalue weighted by Crippen LogP contribution is 2.24. The maximum atomic E-state index is 12.1. The Labute approximate surface area is 109 Å². The summed E-state index contributed by atoms with van der Waals surface area (Å²) in [4.78, 5) is 23.3. The maximum absolute atomic E-state index is 12.1. The Balaban J connectivity index is 1.83. The predicted molar refractivity (Wildman–Crippen MR) is 69.9 cm³/mol. The predicted octanol–water partition coefficient (Wildman–Crippen LogP) is 1.17. The third-order valence-corrected chi connectivity index (χ3v) is 3.06. The number of nitrogens with one attached hydrogen (secondary N) is 2. The lowest BCUT2D eigenvalue weighted by atomic mass is 10.1. The minimum absolute atomic E-state index is 0.0424. The Morgan fingerprint density at radius 2 is 2.26 bits per heavy atom. The molecule has 6 nitrogen and oxygen atoms in total. The third-order valence-electron chi connectivity index (χ3n) is 3.06. The van der Waals surface area contributed by atoms with E-state index in [4.69, 9.17) is 0 Å². The zero-order chi connectivity index (χ0) is 13.4. The fraction of sp³-hybridized carbons (Fsp3) is 0.154. The lowest BCUT2D eigenvalue weighted by Crippen LogP contribution is -2.14. The van der Waals surface area contributed by atoms with Gasteiger partial charge in [0.05, 0.1) is 12.6 Å². The molecule has 2 heterocycles. The molecule has 6 heteroatoms.